The molecule has 2 N–H and O–H groups in total. The number of benzene rings is 1. The highest BCUT2D eigenvalue weighted by Crippen LogP contribution is 2.46. The molecule has 3 atom stereocenters. The molecule has 1 aromatic rings. The zero-order valence-corrected chi connectivity index (χ0v) is 12.8. The van der Waals surface area contributed by atoms with Crippen LogP contribution in [0, 0.1) is 0 Å². The summed E-state index contributed by atoms with van der Waals surface area (Å²) < 4.78 is 4.94. The monoisotopic (exact) mass is 286 g/mol. The van der Waals surface area contributed by atoms with E-state index in [4.69, 9.17) is 4.74 Å². The molecule has 1 spiro atoms. The fourth-order valence-electron chi connectivity index (χ4n) is 3.64. The van der Waals surface area contributed by atoms with E-state index < -0.39 is 0 Å². The van der Waals surface area contributed by atoms with E-state index in [2.05, 4.69) is 48.8 Å². The Kier molecular flexibility index (Phi) is 3.49. The molecule has 4 heteroatoms. The molecule has 112 valence electrons. The molecular formula is C17H22N2O2. The number of para-hydroxylation sites is 1. The molecule has 1 aromatic carbocycles. The van der Waals surface area contributed by atoms with E-state index in [0.29, 0.717) is 0 Å². The van der Waals surface area contributed by atoms with E-state index in [9.17, 15) is 4.79 Å². The Labute approximate surface area is 125 Å². The van der Waals surface area contributed by atoms with Crippen molar-refractivity contribution in [3.63, 3.8) is 0 Å². The molecule has 0 amide bonds. The molecule has 0 saturated carbocycles. The van der Waals surface area contributed by atoms with Gasteiger partial charge in [-0.2, -0.15) is 0 Å². The number of hydrogen-bond donors (Lipinski definition) is 2. The number of esters is 1. The number of rotatable bonds is 2. The molecule has 2 aliphatic heterocycles. The van der Waals surface area contributed by atoms with Crippen LogP contribution in [-0.4, -0.2) is 31.7 Å². The smallest absolute Gasteiger partial charge is 0.322 e. The molecule has 3 rings (SSSR count). The number of anilines is 1. The summed E-state index contributed by atoms with van der Waals surface area (Å²) in [5, 5.41) is 6.95. The van der Waals surface area contributed by atoms with Gasteiger partial charge in [-0.1, -0.05) is 29.8 Å². The first kappa shape index (κ1) is 14.1. The summed E-state index contributed by atoms with van der Waals surface area (Å²) in [6.45, 7) is 5.03. The lowest BCUT2D eigenvalue weighted by Crippen LogP contribution is -2.41. The van der Waals surface area contributed by atoms with Gasteiger partial charge in [-0.15, -0.1) is 0 Å². The van der Waals surface area contributed by atoms with Crippen molar-refractivity contribution in [3.05, 3.63) is 41.5 Å². The molecule has 0 bridgehead atoms. The maximum absolute atomic E-state index is 12.0. The lowest BCUT2D eigenvalue weighted by molar-refractivity contribution is -0.142. The highest BCUT2D eigenvalue weighted by atomic mass is 16.5. The van der Waals surface area contributed by atoms with Gasteiger partial charge in [0.25, 0.3) is 0 Å². The van der Waals surface area contributed by atoms with Crippen molar-refractivity contribution in [1.29, 1.82) is 0 Å². The average Bonchev–Trinajstić information content (AvgIpc) is 3.02. The number of allylic oxidation sites excluding steroid dienone is 1. The molecule has 1 fully saturated rings. The zero-order valence-electron chi connectivity index (χ0n) is 12.8. The topological polar surface area (TPSA) is 50.4 Å². The summed E-state index contributed by atoms with van der Waals surface area (Å²) in [5.74, 6) is -0.177. The predicted molar refractivity (Wildman–Crippen MR) is 83.4 cm³/mol. The quantitative estimate of drug-likeness (QED) is 0.646. The van der Waals surface area contributed by atoms with Crippen molar-refractivity contribution in [2.75, 3.05) is 19.0 Å². The van der Waals surface area contributed by atoms with Crippen LogP contribution >= 0.6 is 0 Å². The largest absolute Gasteiger partial charge is 0.468 e. The van der Waals surface area contributed by atoms with E-state index in [1.54, 1.807) is 0 Å². The Morgan fingerprint density at radius 3 is 2.86 bits per heavy atom. The lowest BCUT2D eigenvalue weighted by Gasteiger charge is -2.29. The standard InChI is InChI=1S/C17H22N2O2/c1-11(2)8-15-17(9-14(19-15)16(20)21-3)10-18-13-7-5-4-6-12(13)17/h4-8,14-15,18-19H,9-10H2,1-3H3/t14-,15-,17+/m0/s1. The Balaban J connectivity index is 2.03. The van der Waals surface area contributed by atoms with Crippen molar-refractivity contribution < 1.29 is 9.53 Å². The van der Waals surface area contributed by atoms with E-state index in [1.807, 2.05) is 6.07 Å². The first-order valence-electron chi connectivity index (χ1n) is 7.39. The molecule has 0 aromatic heterocycles. The molecule has 1 saturated heterocycles. The van der Waals surface area contributed by atoms with Crippen LogP contribution in [0.2, 0.25) is 0 Å². The number of hydrogen-bond acceptors (Lipinski definition) is 4. The number of methoxy groups -OCH3 is 1. The van der Waals surface area contributed by atoms with Crippen LogP contribution < -0.4 is 10.6 Å². The van der Waals surface area contributed by atoms with E-state index >= 15 is 0 Å². The highest BCUT2D eigenvalue weighted by Gasteiger charge is 2.52. The molecule has 0 aliphatic carbocycles. The van der Waals surface area contributed by atoms with Crippen molar-refractivity contribution in [1.82, 2.24) is 5.32 Å². The first-order chi connectivity index (χ1) is 10.1. The van der Waals surface area contributed by atoms with Gasteiger partial charge in [-0.3, -0.25) is 10.1 Å². The van der Waals surface area contributed by atoms with Crippen LogP contribution in [0.3, 0.4) is 0 Å². The van der Waals surface area contributed by atoms with E-state index in [0.717, 1.165) is 13.0 Å². The zero-order chi connectivity index (χ0) is 15.0. The summed E-state index contributed by atoms with van der Waals surface area (Å²) >= 11 is 0. The fourth-order valence-corrected chi connectivity index (χ4v) is 3.64. The summed E-state index contributed by atoms with van der Waals surface area (Å²) in [6, 6.07) is 8.28. The van der Waals surface area contributed by atoms with Crippen LogP contribution in [-0.2, 0) is 14.9 Å². The summed E-state index contributed by atoms with van der Waals surface area (Å²) in [5.41, 5.74) is 3.65. The van der Waals surface area contributed by atoms with Gasteiger partial charge < -0.3 is 10.1 Å². The number of carbonyl (C=O) groups excluding carboxylic acids is 1. The van der Waals surface area contributed by atoms with Gasteiger partial charge >= 0.3 is 5.97 Å². The van der Waals surface area contributed by atoms with Crippen molar-refractivity contribution in [2.24, 2.45) is 0 Å². The van der Waals surface area contributed by atoms with Crippen molar-refractivity contribution in [2.45, 2.75) is 37.8 Å². The van der Waals surface area contributed by atoms with Gasteiger partial charge in [-0.25, -0.2) is 0 Å². The first-order valence-corrected chi connectivity index (χ1v) is 7.39. The Bertz CT molecular complexity index is 592. The van der Waals surface area contributed by atoms with Crippen LogP contribution in [0.1, 0.15) is 25.8 Å². The predicted octanol–water partition coefficient (Wildman–Crippen LogP) is 2.22. The molecule has 0 unspecified atom stereocenters. The van der Waals surface area contributed by atoms with E-state index in [1.165, 1.54) is 23.9 Å². The van der Waals surface area contributed by atoms with Crippen LogP contribution in [0.5, 0.6) is 0 Å². The molecule has 4 nitrogen and oxygen atoms in total. The van der Waals surface area contributed by atoms with Crippen LogP contribution in [0.4, 0.5) is 5.69 Å². The van der Waals surface area contributed by atoms with Gasteiger partial charge in [-0.05, 0) is 31.9 Å². The maximum Gasteiger partial charge on any atom is 0.322 e. The minimum absolute atomic E-state index is 0.0767. The normalized spacial score (nSPS) is 29.9. The second kappa shape index (κ2) is 5.19. The Hall–Kier alpha value is -1.81. The highest BCUT2D eigenvalue weighted by molar-refractivity contribution is 5.77. The molecule has 2 heterocycles. The SMILES string of the molecule is COC(=O)[C@@H]1C[C@]2(CNc3ccccc32)[C@H](C=C(C)C)N1. The van der Waals surface area contributed by atoms with Gasteiger partial charge in [0.15, 0.2) is 0 Å². The van der Waals surface area contributed by atoms with Gasteiger partial charge in [0.2, 0.25) is 0 Å². The molecule has 0 radical (unpaired) electrons. The van der Waals surface area contributed by atoms with Crippen LogP contribution in [0.25, 0.3) is 0 Å². The van der Waals surface area contributed by atoms with Crippen molar-refractivity contribution >= 4 is 11.7 Å². The number of carbonyl (C=O) groups is 1. The molecule has 21 heavy (non-hydrogen) atoms. The minimum Gasteiger partial charge on any atom is -0.468 e. The van der Waals surface area contributed by atoms with Gasteiger partial charge in [0.1, 0.15) is 6.04 Å². The fraction of sp³-hybridized carbons (Fsp3) is 0.471. The molecular weight excluding hydrogens is 264 g/mol. The van der Waals surface area contributed by atoms with E-state index in [-0.39, 0.29) is 23.5 Å². The third-order valence-corrected chi connectivity index (χ3v) is 4.59. The number of fused-ring (bicyclic) bond motifs is 2. The minimum atomic E-state index is -0.247. The lowest BCUT2D eigenvalue weighted by atomic mass is 9.74. The molecule has 2 aliphatic rings. The number of nitrogens with one attached hydrogen (secondary N) is 2. The summed E-state index contributed by atoms with van der Waals surface area (Å²) in [6.07, 6.45) is 2.99. The average molecular weight is 286 g/mol. The maximum atomic E-state index is 12.0. The van der Waals surface area contributed by atoms with Crippen LogP contribution in [0.15, 0.2) is 35.9 Å². The van der Waals surface area contributed by atoms with Gasteiger partial charge in [0.05, 0.1) is 7.11 Å². The number of ether oxygens (including phenoxy) is 1. The second-order valence-corrected chi connectivity index (χ2v) is 6.22. The Morgan fingerprint density at radius 1 is 1.38 bits per heavy atom. The third-order valence-electron chi connectivity index (χ3n) is 4.59. The summed E-state index contributed by atoms with van der Waals surface area (Å²) in [7, 11) is 1.45. The van der Waals surface area contributed by atoms with Crippen molar-refractivity contribution in [3.8, 4) is 0 Å². The van der Waals surface area contributed by atoms with Gasteiger partial charge in [0, 0.05) is 23.7 Å². The second-order valence-electron chi connectivity index (χ2n) is 6.22. The third kappa shape index (κ3) is 2.23. The Morgan fingerprint density at radius 2 is 2.14 bits per heavy atom. The summed E-state index contributed by atoms with van der Waals surface area (Å²) in [4.78, 5) is 12.0.